The maximum Gasteiger partial charge on any atom is 0.417 e. The monoisotopic (exact) mass is 347 g/mol. The van der Waals surface area contributed by atoms with Gasteiger partial charge in [-0.25, -0.2) is 13.1 Å². The van der Waals surface area contributed by atoms with E-state index < -0.39 is 32.2 Å². The van der Waals surface area contributed by atoms with Crippen LogP contribution in [0.4, 0.5) is 13.2 Å². The summed E-state index contributed by atoms with van der Waals surface area (Å²) in [6.45, 7) is 1.72. The summed E-state index contributed by atoms with van der Waals surface area (Å²) in [5.74, 6) is 0.110. The van der Waals surface area contributed by atoms with E-state index in [1.807, 2.05) is 0 Å². The number of rotatable bonds is 4. The van der Waals surface area contributed by atoms with Crippen molar-refractivity contribution in [2.75, 3.05) is 19.6 Å². The lowest BCUT2D eigenvalue weighted by molar-refractivity contribution is -0.137. The molecule has 0 aromatic heterocycles. The first-order valence-corrected chi connectivity index (χ1v) is 8.54. The largest absolute Gasteiger partial charge is 0.417 e. The molecular formula is C14H16F3N3O2S. The third-order valence-corrected chi connectivity index (χ3v) is 5.11. The first-order chi connectivity index (χ1) is 10.7. The molecule has 2 rings (SSSR count). The summed E-state index contributed by atoms with van der Waals surface area (Å²) in [7, 11) is -4.05. The molecule has 23 heavy (non-hydrogen) atoms. The number of nitrogens with one attached hydrogen (secondary N) is 2. The zero-order valence-electron chi connectivity index (χ0n) is 12.2. The summed E-state index contributed by atoms with van der Waals surface area (Å²) in [5.41, 5.74) is -1.85. The summed E-state index contributed by atoms with van der Waals surface area (Å²) in [6, 6.07) is 3.80. The third-order valence-electron chi connectivity index (χ3n) is 3.69. The van der Waals surface area contributed by atoms with Crippen LogP contribution in [0, 0.1) is 17.2 Å². The Hall–Kier alpha value is -1.63. The van der Waals surface area contributed by atoms with E-state index in [2.05, 4.69) is 10.0 Å². The van der Waals surface area contributed by atoms with E-state index in [9.17, 15) is 21.6 Å². The van der Waals surface area contributed by atoms with E-state index in [4.69, 9.17) is 5.26 Å². The number of alkyl halides is 3. The van der Waals surface area contributed by atoms with E-state index >= 15 is 0 Å². The van der Waals surface area contributed by atoms with Gasteiger partial charge in [-0.05, 0) is 50.0 Å². The van der Waals surface area contributed by atoms with Crippen molar-refractivity contribution in [1.82, 2.24) is 10.0 Å². The third kappa shape index (κ3) is 4.43. The normalized spacial score (nSPS) is 19.3. The van der Waals surface area contributed by atoms with Crippen LogP contribution in [-0.4, -0.2) is 28.1 Å². The predicted molar refractivity (Wildman–Crippen MR) is 76.9 cm³/mol. The quantitative estimate of drug-likeness (QED) is 0.871. The fourth-order valence-electron chi connectivity index (χ4n) is 2.43. The van der Waals surface area contributed by atoms with Crippen LogP contribution in [0.5, 0.6) is 0 Å². The molecule has 1 saturated heterocycles. The highest BCUT2D eigenvalue weighted by Crippen LogP contribution is 2.33. The number of sulfonamides is 1. The van der Waals surface area contributed by atoms with Crippen molar-refractivity contribution in [1.29, 1.82) is 5.26 Å². The van der Waals surface area contributed by atoms with Crippen LogP contribution in [0.15, 0.2) is 23.1 Å². The first kappa shape index (κ1) is 17.7. The second kappa shape index (κ2) is 6.86. The van der Waals surface area contributed by atoms with Gasteiger partial charge in [0.25, 0.3) is 0 Å². The number of nitrogens with zero attached hydrogens (tertiary/aromatic N) is 1. The molecule has 0 radical (unpaired) electrons. The van der Waals surface area contributed by atoms with E-state index in [0.29, 0.717) is 12.6 Å². The van der Waals surface area contributed by atoms with Crippen molar-refractivity contribution >= 4 is 10.0 Å². The minimum Gasteiger partial charge on any atom is -0.316 e. The zero-order valence-corrected chi connectivity index (χ0v) is 13.0. The SMILES string of the molecule is N#Cc1ccc(S(=O)(=O)NCC2CCCNC2)cc1C(F)(F)F. The van der Waals surface area contributed by atoms with Crippen LogP contribution < -0.4 is 10.0 Å². The zero-order chi connectivity index (χ0) is 17.1. The Kier molecular flexibility index (Phi) is 5.29. The van der Waals surface area contributed by atoms with Crippen LogP contribution in [0.1, 0.15) is 24.0 Å². The molecule has 1 heterocycles. The van der Waals surface area contributed by atoms with Crippen LogP contribution in [0.2, 0.25) is 0 Å². The Morgan fingerprint density at radius 1 is 1.39 bits per heavy atom. The average Bonchev–Trinajstić information content (AvgIpc) is 2.52. The van der Waals surface area contributed by atoms with E-state index in [1.165, 1.54) is 6.07 Å². The molecule has 0 amide bonds. The molecule has 9 heteroatoms. The molecule has 1 unspecified atom stereocenters. The molecule has 5 nitrogen and oxygen atoms in total. The van der Waals surface area contributed by atoms with Gasteiger partial charge >= 0.3 is 6.18 Å². The van der Waals surface area contributed by atoms with Gasteiger partial charge in [0, 0.05) is 6.54 Å². The molecule has 126 valence electrons. The van der Waals surface area contributed by atoms with E-state index in [-0.39, 0.29) is 12.5 Å². The van der Waals surface area contributed by atoms with E-state index in [0.717, 1.165) is 31.5 Å². The van der Waals surface area contributed by atoms with Crippen molar-refractivity contribution in [3.05, 3.63) is 29.3 Å². The van der Waals surface area contributed by atoms with Gasteiger partial charge in [-0.3, -0.25) is 0 Å². The van der Waals surface area contributed by atoms with Gasteiger partial charge in [0.1, 0.15) is 0 Å². The van der Waals surface area contributed by atoms with Gasteiger partial charge in [-0.1, -0.05) is 0 Å². The number of halogens is 3. The van der Waals surface area contributed by atoms with Crippen LogP contribution in [-0.2, 0) is 16.2 Å². The molecule has 0 aliphatic carbocycles. The molecular weight excluding hydrogens is 331 g/mol. The predicted octanol–water partition coefficient (Wildman–Crippen LogP) is 1.85. The first-order valence-electron chi connectivity index (χ1n) is 7.06. The highest BCUT2D eigenvalue weighted by Gasteiger charge is 2.35. The highest BCUT2D eigenvalue weighted by molar-refractivity contribution is 7.89. The van der Waals surface area contributed by atoms with Gasteiger partial charge in [0.2, 0.25) is 10.0 Å². The molecule has 2 N–H and O–H groups in total. The van der Waals surface area contributed by atoms with Gasteiger partial charge in [0.05, 0.1) is 22.1 Å². The number of nitriles is 1. The van der Waals surface area contributed by atoms with Gasteiger partial charge in [0.15, 0.2) is 0 Å². The van der Waals surface area contributed by atoms with Crippen molar-refractivity contribution in [3.63, 3.8) is 0 Å². The Labute approximate surface area is 132 Å². The summed E-state index contributed by atoms with van der Waals surface area (Å²) >= 11 is 0. The molecule has 0 saturated carbocycles. The molecule has 1 aromatic rings. The Bertz CT molecular complexity index is 705. The maximum atomic E-state index is 12.9. The lowest BCUT2D eigenvalue weighted by Gasteiger charge is -2.23. The number of piperidine rings is 1. The molecule has 1 aliphatic heterocycles. The smallest absolute Gasteiger partial charge is 0.316 e. The topological polar surface area (TPSA) is 82.0 Å². The average molecular weight is 347 g/mol. The van der Waals surface area contributed by atoms with Crippen molar-refractivity contribution < 1.29 is 21.6 Å². The Morgan fingerprint density at radius 3 is 2.70 bits per heavy atom. The van der Waals surface area contributed by atoms with Gasteiger partial charge in [-0.15, -0.1) is 0 Å². The molecule has 1 aromatic carbocycles. The number of hydrogen-bond acceptors (Lipinski definition) is 4. The Balaban J connectivity index is 2.21. The number of hydrogen-bond donors (Lipinski definition) is 2. The highest BCUT2D eigenvalue weighted by atomic mass is 32.2. The Morgan fingerprint density at radius 2 is 2.13 bits per heavy atom. The second-order valence-corrected chi connectivity index (χ2v) is 7.15. The van der Waals surface area contributed by atoms with Crippen molar-refractivity contribution in [2.45, 2.75) is 23.9 Å². The van der Waals surface area contributed by atoms with Gasteiger partial charge in [-0.2, -0.15) is 18.4 Å². The summed E-state index contributed by atoms with van der Waals surface area (Å²) in [5, 5.41) is 11.9. The minimum atomic E-state index is -4.79. The summed E-state index contributed by atoms with van der Waals surface area (Å²) in [6.07, 6.45) is -3.00. The van der Waals surface area contributed by atoms with Crippen molar-refractivity contribution in [2.24, 2.45) is 5.92 Å². The summed E-state index contributed by atoms with van der Waals surface area (Å²) in [4.78, 5) is -0.493. The molecule has 1 fully saturated rings. The second-order valence-electron chi connectivity index (χ2n) is 5.38. The fraction of sp³-hybridized carbons (Fsp3) is 0.500. The molecule has 1 aliphatic rings. The van der Waals surface area contributed by atoms with Crippen molar-refractivity contribution in [3.8, 4) is 6.07 Å². The minimum absolute atomic E-state index is 0.110. The molecule has 0 spiro atoms. The maximum absolute atomic E-state index is 12.9. The van der Waals surface area contributed by atoms with Crippen LogP contribution in [0.25, 0.3) is 0 Å². The molecule has 1 atom stereocenters. The molecule has 0 bridgehead atoms. The van der Waals surface area contributed by atoms with Gasteiger partial charge < -0.3 is 5.32 Å². The standard InChI is InChI=1S/C14H16F3N3O2S/c15-14(16,17)13-6-12(4-3-11(13)7-18)23(21,22)20-9-10-2-1-5-19-8-10/h3-4,6,10,19-20H,1-2,5,8-9H2. The van der Waals surface area contributed by atoms with E-state index in [1.54, 1.807) is 0 Å². The lowest BCUT2D eigenvalue weighted by atomic mass is 10.0. The van der Waals surface area contributed by atoms with Crippen LogP contribution >= 0.6 is 0 Å². The fourth-order valence-corrected chi connectivity index (χ4v) is 3.57. The lowest BCUT2D eigenvalue weighted by Crippen LogP contribution is -2.38. The number of benzene rings is 1. The van der Waals surface area contributed by atoms with Crippen LogP contribution in [0.3, 0.4) is 0 Å². The summed E-state index contributed by atoms with van der Waals surface area (Å²) < 4.78 is 65.4.